The Bertz CT molecular complexity index is 1620. The maximum absolute atomic E-state index is 12.8. The number of nitrogens with zero attached hydrogens (tertiary/aromatic N) is 2. The number of amides is 1. The molecular formula is C26H18F3N3O4S. The Hall–Kier alpha value is -4.38. The van der Waals surface area contributed by atoms with Crippen LogP contribution in [-0.4, -0.2) is 30.1 Å². The summed E-state index contributed by atoms with van der Waals surface area (Å²) in [6.45, 7) is 0. The molecule has 188 valence electrons. The molecule has 0 spiro atoms. The van der Waals surface area contributed by atoms with Gasteiger partial charge in [0.15, 0.2) is 16.6 Å². The van der Waals surface area contributed by atoms with Crippen LogP contribution in [0.3, 0.4) is 0 Å². The zero-order chi connectivity index (χ0) is 26.2. The number of carbonyl (C=O) groups excluding carboxylic acids is 1. The summed E-state index contributed by atoms with van der Waals surface area (Å²) < 4.78 is 55.9. The van der Waals surface area contributed by atoms with Gasteiger partial charge in [0, 0.05) is 29.3 Å². The molecule has 0 atom stereocenters. The third kappa shape index (κ3) is 4.98. The van der Waals surface area contributed by atoms with Crippen molar-refractivity contribution in [2.45, 2.75) is 6.18 Å². The van der Waals surface area contributed by atoms with Crippen molar-refractivity contribution in [2.24, 2.45) is 0 Å². The average molecular weight is 526 g/mol. The molecule has 0 aliphatic carbocycles. The van der Waals surface area contributed by atoms with Gasteiger partial charge < -0.3 is 14.2 Å². The van der Waals surface area contributed by atoms with Crippen molar-refractivity contribution in [1.82, 2.24) is 9.97 Å². The molecule has 0 saturated heterocycles. The van der Waals surface area contributed by atoms with Crippen LogP contribution in [0.25, 0.3) is 21.1 Å². The highest BCUT2D eigenvalue weighted by Gasteiger charge is 2.30. The number of thiazole rings is 1. The van der Waals surface area contributed by atoms with Gasteiger partial charge in [-0.3, -0.25) is 15.1 Å². The molecule has 2 aromatic heterocycles. The maximum atomic E-state index is 12.8. The Balaban J connectivity index is 1.37. The summed E-state index contributed by atoms with van der Waals surface area (Å²) in [6.07, 6.45) is -2.84. The number of aromatic nitrogens is 2. The predicted octanol–water partition coefficient (Wildman–Crippen LogP) is 6.93. The fourth-order valence-corrected chi connectivity index (χ4v) is 4.55. The molecule has 3 aromatic carbocycles. The molecule has 0 bridgehead atoms. The van der Waals surface area contributed by atoms with Crippen LogP contribution in [0.1, 0.15) is 15.9 Å². The van der Waals surface area contributed by atoms with Crippen LogP contribution in [0.5, 0.6) is 23.0 Å². The van der Waals surface area contributed by atoms with Crippen LogP contribution >= 0.6 is 11.3 Å². The fourth-order valence-electron chi connectivity index (χ4n) is 3.67. The molecule has 37 heavy (non-hydrogen) atoms. The van der Waals surface area contributed by atoms with Gasteiger partial charge in [-0.1, -0.05) is 11.3 Å². The van der Waals surface area contributed by atoms with Crippen molar-refractivity contribution in [1.29, 1.82) is 0 Å². The number of fused-ring (bicyclic) bond motifs is 2. The van der Waals surface area contributed by atoms with Crippen LogP contribution in [0, 0.1) is 0 Å². The van der Waals surface area contributed by atoms with Gasteiger partial charge in [-0.15, -0.1) is 0 Å². The first kappa shape index (κ1) is 24.3. The largest absolute Gasteiger partial charge is 0.493 e. The average Bonchev–Trinajstić information content (AvgIpc) is 3.29. The van der Waals surface area contributed by atoms with E-state index in [0.717, 1.165) is 34.4 Å². The highest BCUT2D eigenvalue weighted by atomic mass is 32.1. The summed E-state index contributed by atoms with van der Waals surface area (Å²) in [7, 11) is 3.10. The minimum absolute atomic E-state index is 0.0907. The summed E-state index contributed by atoms with van der Waals surface area (Å²) in [5.74, 6) is 1.64. The molecule has 7 nitrogen and oxygen atoms in total. The van der Waals surface area contributed by atoms with E-state index in [1.54, 1.807) is 56.8 Å². The van der Waals surface area contributed by atoms with Gasteiger partial charge in [0.05, 0.1) is 35.5 Å². The topological polar surface area (TPSA) is 82.6 Å². The second-order valence-corrected chi connectivity index (χ2v) is 8.84. The van der Waals surface area contributed by atoms with Crippen molar-refractivity contribution < 1.29 is 32.2 Å². The Morgan fingerprint density at radius 2 is 1.62 bits per heavy atom. The quantitative estimate of drug-likeness (QED) is 0.259. The standard InChI is InChI=1S/C26H18F3N3O4S/c1-34-21-12-17-19(13-22(21)35-2)30-10-9-20(17)36-16-7-8-18-23(11-16)37-25(31-18)32-24(33)14-3-5-15(6-4-14)26(27,28)29/h3-13H,1-2H3,(H,31,32,33). The van der Waals surface area contributed by atoms with Crippen molar-refractivity contribution in [3.8, 4) is 23.0 Å². The normalized spacial score (nSPS) is 11.5. The van der Waals surface area contributed by atoms with E-state index in [-0.39, 0.29) is 5.56 Å². The van der Waals surface area contributed by atoms with E-state index in [2.05, 4.69) is 15.3 Å². The first-order chi connectivity index (χ1) is 17.7. The number of methoxy groups -OCH3 is 2. The highest BCUT2D eigenvalue weighted by Crippen LogP contribution is 2.38. The number of ether oxygens (including phenoxy) is 3. The number of rotatable bonds is 6. The van der Waals surface area contributed by atoms with Crippen LogP contribution in [0.15, 0.2) is 66.9 Å². The van der Waals surface area contributed by atoms with Gasteiger partial charge in [0.1, 0.15) is 11.5 Å². The summed E-state index contributed by atoms with van der Waals surface area (Å²) in [5, 5.41) is 3.67. The molecule has 1 N–H and O–H groups in total. The minimum atomic E-state index is -4.47. The molecule has 2 heterocycles. The second kappa shape index (κ2) is 9.58. The fraction of sp³-hybridized carbons (Fsp3) is 0.115. The zero-order valence-corrected chi connectivity index (χ0v) is 20.2. The van der Waals surface area contributed by atoms with E-state index in [0.29, 0.717) is 39.2 Å². The lowest BCUT2D eigenvalue weighted by atomic mass is 10.1. The number of hydrogen-bond acceptors (Lipinski definition) is 7. The Labute approximate surface area is 212 Å². The first-order valence-corrected chi connectivity index (χ1v) is 11.6. The summed E-state index contributed by atoms with van der Waals surface area (Å²) in [4.78, 5) is 21.3. The number of pyridine rings is 1. The highest BCUT2D eigenvalue weighted by molar-refractivity contribution is 7.22. The second-order valence-electron chi connectivity index (χ2n) is 7.81. The number of benzene rings is 3. The Kier molecular flexibility index (Phi) is 6.30. The van der Waals surface area contributed by atoms with E-state index in [4.69, 9.17) is 14.2 Å². The molecule has 0 saturated carbocycles. The van der Waals surface area contributed by atoms with Gasteiger partial charge in [-0.25, -0.2) is 4.98 Å². The number of carbonyl (C=O) groups is 1. The first-order valence-electron chi connectivity index (χ1n) is 10.8. The zero-order valence-electron chi connectivity index (χ0n) is 19.4. The lowest BCUT2D eigenvalue weighted by molar-refractivity contribution is -0.137. The van der Waals surface area contributed by atoms with E-state index < -0.39 is 17.6 Å². The molecule has 0 aliphatic rings. The number of halogens is 3. The van der Waals surface area contributed by atoms with Crippen molar-refractivity contribution in [3.63, 3.8) is 0 Å². The van der Waals surface area contributed by atoms with E-state index in [9.17, 15) is 18.0 Å². The molecular weight excluding hydrogens is 507 g/mol. The van der Waals surface area contributed by atoms with E-state index >= 15 is 0 Å². The van der Waals surface area contributed by atoms with E-state index in [1.807, 2.05) is 0 Å². The molecule has 0 unspecified atom stereocenters. The molecule has 5 rings (SSSR count). The van der Waals surface area contributed by atoms with Gasteiger partial charge >= 0.3 is 6.18 Å². The molecule has 0 fully saturated rings. The lowest BCUT2D eigenvalue weighted by Crippen LogP contribution is -2.12. The maximum Gasteiger partial charge on any atom is 0.416 e. The lowest BCUT2D eigenvalue weighted by Gasteiger charge is -2.12. The Morgan fingerprint density at radius 1 is 0.892 bits per heavy atom. The predicted molar refractivity (Wildman–Crippen MR) is 134 cm³/mol. The number of anilines is 1. The van der Waals surface area contributed by atoms with Gasteiger partial charge in [0.2, 0.25) is 0 Å². The van der Waals surface area contributed by atoms with Crippen molar-refractivity contribution >= 4 is 43.5 Å². The van der Waals surface area contributed by atoms with Crippen molar-refractivity contribution in [3.05, 3.63) is 78.0 Å². The van der Waals surface area contributed by atoms with Crippen LogP contribution in [0.4, 0.5) is 18.3 Å². The third-order valence-corrected chi connectivity index (χ3v) is 6.42. The van der Waals surface area contributed by atoms with E-state index in [1.165, 1.54) is 11.3 Å². The summed E-state index contributed by atoms with van der Waals surface area (Å²) >= 11 is 1.22. The Morgan fingerprint density at radius 3 is 2.32 bits per heavy atom. The van der Waals surface area contributed by atoms with Gasteiger partial charge in [0.25, 0.3) is 5.91 Å². The molecule has 11 heteroatoms. The molecule has 0 radical (unpaired) electrons. The number of hydrogen-bond donors (Lipinski definition) is 1. The van der Waals surface area contributed by atoms with Crippen molar-refractivity contribution in [2.75, 3.05) is 19.5 Å². The molecule has 5 aromatic rings. The smallest absolute Gasteiger partial charge is 0.416 e. The van der Waals surface area contributed by atoms with Crippen LogP contribution in [0.2, 0.25) is 0 Å². The van der Waals surface area contributed by atoms with Crippen LogP contribution < -0.4 is 19.5 Å². The molecule has 0 aliphatic heterocycles. The summed E-state index contributed by atoms with van der Waals surface area (Å²) in [5.41, 5.74) is 0.567. The van der Waals surface area contributed by atoms with Gasteiger partial charge in [-0.05, 0) is 48.5 Å². The SMILES string of the molecule is COc1cc2nccc(Oc3ccc4nc(NC(=O)c5ccc(C(F)(F)F)cc5)sc4c3)c2cc1OC. The number of nitrogens with one attached hydrogen (secondary N) is 1. The minimum Gasteiger partial charge on any atom is -0.493 e. The van der Waals surface area contributed by atoms with Gasteiger partial charge in [-0.2, -0.15) is 13.2 Å². The summed E-state index contributed by atoms with van der Waals surface area (Å²) in [6, 6.07) is 14.6. The number of alkyl halides is 3. The molecule has 1 amide bonds. The van der Waals surface area contributed by atoms with Crippen LogP contribution in [-0.2, 0) is 6.18 Å². The monoisotopic (exact) mass is 525 g/mol. The third-order valence-electron chi connectivity index (χ3n) is 5.49.